The first-order chi connectivity index (χ1) is 9.39. The molecule has 6 heteroatoms. The van der Waals surface area contributed by atoms with Crippen LogP contribution in [0.25, 0.3) is 11.4 Å². The summed E-state index contributed by atoms with van der Waals surface area (Å²) in [5.74, 6) is 0.624. The molecular formula is C14H17BN2O3. The quantitative estimate of drug-likeness (QED) is 0.783. The molecule has 3 rings (SSSR count). The molecule has 0 radical (unpaired) electrons. The highest BCUT2D eigenvalue weighted by Crippen LogP contribution is 2.36. The Kier molecular flexibility index (Phi) is 2.95. The van der Waals surface area contributed by atoms with Gasteiger partial charge in [0.05, 0.1) is 23.0 Å². The summed E-state index contributed by atoms with van der Waals surface area (Å²) in [7, 11) is -0.432. The Hall–Kier alpha value is -1.66. The molecule has 104 valence electrons. The topological polar surface area (TPSA) is 57.4 Å². The molecule has 1 saturated heterocycles. The van der Waals surface area contributed by atoms with Gasteiger partial charge in [-0.2, -0.15) is 0 Å². The lowest BCUT2D eigenvalue weighted by atomic mass is 9.81. The highest BCUT2D eigenvalue weighted by molar-refractivity contribution is 6.61. The van der Waals surface area contributed by atoms with Crippen molar-refractivity contribution in [2.75, 3.05) is 0 Å². The van der Waals surface area contributed by atoms with Gasteiger partial charge in [-0.15, -0.1) is 0 Å². The Morgan fingerprint density at radius 3 is 2.10 bits per heavy atom. The van der Waals surface area contributed by atoms with Gasteiger partial charge in [-0.1, -0.05) is 0 Å². The third-order valence-electron chi connectivity index (χ3n) is 3.98. The van der Waals surface area contributed by atoms with Crippen molar-refractivity contribution >= 4 is 12.6 Å². The molecule has 0 N–H and O–H groups in total. The van der Waals surface area contributed by atoms with Crippen LogP contribution in [-0.4, -0.2) is 28.3 Å². The molecule has 2 aromatic rings. The van der Waals surface area contributed by atoms with E-state index < -0.39 is 7.12 Å². The van der Waals surface area contributed by atoms with Crippen LogP contribution in [0.2, 0.25) is 0 Å². The standard InChI is InChI=1S/C14H17BN2O3/c1-13(2)14(3,4)20-15(19-13)11-7-16-12(17-8-11)10-5-6-18-9-10/h5-9H,1-4H3. The summed E-state index contributed by atoms with van der Waals surface area (Å²) < 4.78 is 16.9. The van der Waals surface area contributed by atoms with Gasteiger partial charge < -0.3 is 13.7 Å². The van der Waals surface area contributed by atoms with E-state index in [1.165, 1.54) is 0 Å². The average Bonchev–Trinajstić information content (AvgIpc) is 2.97. The Labute approximate surface area is 118 Å². The summed E-state index contributed by atoms with van der Waals surface area (Å²) in [5.41, 5.74) is 0.947. The van der Waals surface area contributed by atoms with Crippen molar-refractivity contribution in [1.82, 2.24) is 9.97 Å². The van der Waals surface area contributed by atoms with Crippen molar-refractivity contribution in [3.63, 3.8) is 0 Å². The third kappa shape index (κ3) is 2.15. The van der Waals surface area contributed by atoms with E-state index in [1.54, 1.807) is 24.9 Å². The normalized spacial score (nSPS) is 20.3. The van der Waals surface area contributed by atoms with Gasteiger partial charge in [0.1, 0.15) is 6.26 Å². The molecule has 0 bridgehead atoms. The predicted octanol–water partition coefficient (Wildman–Crippen LogP) is 2.04. The molecule has 5 nitrogen and oxygen atoms in total. The molecule has 2 aromatic heterocycles. The molecule has 20 heavy (non-hydrogen) atoms. The molecule has 1 aliphatic heterocycles. The summed E-state index contributed by atoms with van der Waals surface area (Å²) in [5, 5.41) is 0. The van der Waals surface area contributed by atoms with Gasteiger partial charge in [0.2, 0.25) is 0 Å². The highest BCUT2D eigenvalue weighted by Gasteiger charge is 2.51. The maximum Gasteiger partial charge on any atom is 0.498 e. The van der Waals surface area contributed by atoms with Gasteiger partial charge in [-0.05, 0) is 33.8 Å². The van der Waals surface area contributed by atoms with E-state index in [-0.39, 0.29) is 11.2 Å². The number of nitrogens with zero attached hydrogens (tertiary/aromatic N) is 2. The van der Waals surface area contributed by atoms with Crippen LogP contribution in [0.3, 0.4) is 0 Å². The van der Waals surface area contributed by atoms with E-state index >= 15 is 0 Å². The maximum atomic E-state index is 5.96. The number of furan rings is 1. The van der Waals surface area contributed by atoms with E-state index in [2.05, 4.69) is 9.97 Å². The third-order valence-corrected chi connectivity index (χ3v) is 3.98. The lowest BCUT2D eigenvalue weighted by Crippen LogP contribution is -2.41. The molecular weight excluding hydrogens is 255 g/mol. The number of hydrogen-bond donors (Lipinski definition) is 0. The lowest BCUT2D eigenvalue weighted by Gasteiger charge is -2.32. The van der Waals surface area contributed by atoms with E-state index in [9.17, 15) is 0 Å². The molecule has 0 saturated carbocycles. The monoisotopic (exact) mass is 272 g/mol. The van der Waals surface area contributed by atoms with Crippen LogP contribution in [0.4, 0.5) is 0 Å². The van der Waals surface area contributed by atoms with Crippen LogP contribution in [-0.2, 0) is 9.31 Å². The SMILES string of the molecule is CC1(C)OB(c2cnc(-c3ccoc3)nc2)OC1(C)C. The molecule has 0 aliphatic carbocycles. The van der Waals surface area contributed by atoms with Crippen LogP contribution in [0.1, 0.15) is 27.7 Å². The Morgan fingerprint density at radius 1 is 1.00 bits per heavy atom. The summed E-state index contributed by atoms with van der Waals surface area (Å²) in [4.78, 5) is 8.66. The van der Waals surface area contributed by atoms with Gasteiger partial charge in [-0.3, -0.25) is 0 Å². The van der Waals surface area contributed by atoms with Crippen LogP contribution >= 0.6 is 0 Å². The van der Waals surface area contributed by atoms with Crippen LogP contribution in [0.15, 0.2) is 35.4 Å². The summed E-state index contributed by atoms with van der Waals surface area (Å²) in [6.07, 6.45) is 6.68. The Balaban J connectivity index is 1.83. The molecule has 3 heterocycles. The van der Waals surface area contributed by atoms with E-state index in [4.69, 9.17) is 13.7 Å². The minimum Gasteiger partial charge on any atom is -0.472 e. The zero-order valence-corrected chi connectivity index (χ0v) is 12.1. The van der Waals surface area contributed by atoms with Crippen LogP contribution < -0.4 is 5.46 Å². The first-order valence-corrected chi connectivity index (χ1v) is 6.59. The predicted molar refractivity (Wildman–Crippen MR) is 75.5 cm³/mol. The largest absolute Gasteiger partial charge is 0.498 e. The van der Waals surface area contributed by atoms with Gasteiger partial charge in [0, 0.05) is 17.9 Å². The summed E-state index contributed by atoms with van der Waals surface area (Å²) >= 11 is 0. The van der Waals surface area contributed by atoms with E-state index in [0.29, 0.717) is 5.82 Å². The molecule has 0 atom stereocenters. The Morgan fingerprint density at radius 2 is 1.60 bits per heavy atom. The van der Waals surface area contributed by atoms with Gasteiger partial charge >= 0.3 is 7.12 Å². The first-order valence-electron chi connectivity index (χ1n) is 6.59. The van der Waals surface area contributed by atoms with Crippen molar-refractivity contribution in [3.05, 3.63) is 31.0 Å². The van der Waals surface area contributed by atoms with Gasteiger partial charge in [0.25, 0.3) is 0 Å². The second-order valence-electron chi connectivity index (χ2n) is 5.94. The van der Waals surface area contributed by atoms with Crippen molar-refractivity contribution in [3.8, 4) is 11.4 Å². The first kappa shape index (κ1) is 13.3. The average molecular weight is 272 g/mol. The van der Waals surface area contributed by atoms with Gasteiger partial charge in [0.15, 0.2) is 5.82 Å². The van der Waals surface area contributed by atoms with Crippen molar-refractivity contribution in [2.24, 2.45) is 0 Å². The smallest absolute Gasteiger partial charge is 0.472 e. The Bertz CT molecular complexity index is 577. The molecule has 0 amide bonds. The second kappa shape index (κ2) is 4.43. The maximum absolute atomic E-state index is 5.96. The zero-order chi connectivity index (χ0) is 14.4. The fourth-order valence-corrected chi connectivity index (χ4v) is 1.98. The second-order valence-corrected chi connectivity index (χ2v) is 5.94. The molecule has 0 aromatic carbocycles. The zero-order valence-electron chi connectivity index (χ0n) is 12.1. The summed E-state index contributed by atoms with van der Waals surface area (Å²) in [6.45, 7) is 8.09. The number of aromatic nitrogens is 2. The minimum atomic E-state index is -0.432. The van der Waals surface area contributed by atoms with Crippen LogP contribution in [0, 0.1) is 0 Å². The number of rotatable bonds is 2. The summed E-state index contributed by atoms with van der Waals surface area (Å²) in [6, 6.07) is 1.82. The number of hydrogen-bond acceptors (Lipinski definition) is 5. The van der Waals surface area contributed by atoms with Crippen molar-refractivity contribution < 1.29 is 13.7 Å². The fraction of sp³-hybridized carbons (Fsp3) is 0.429. The lowest BCUT2D eigenvalue weighted by molar-refractivity contribution is 0.00578. The molecule has 0 spiro atoms. The minimum absolute atomic E-state index is 0.360. The fourth-order valence-electron chi connectivity index (χ4n) is 1.98. The van der Waals surface area contributed by atoms with Gasteiger partial charge in [-0.25, -0.2) is 9.97 Å². The molecule has 1 aliphatic rings. The molecule has 0 unspecified atom stereocenters. The van der Waals surface area contributed by atoms with Crippen LogP contribution in [0.5, 0.6) is 0 Å². The van der Waals surface area contributed by atoms with Crippen molar-refractivity contribution in [1.29, 1.82) is 0 Å². The van der Waals surface area contributed by atoms with Crippen molar-refractivity contribution in [2.45, 2.75) is 38.9 Å². The molecule has 1 fully saturated rings. The van der Waals surface area contributed by atoms with E-state index in [1.807, 2.05) is 33.8 Å². The van der Waals surface area contributed by atoms with E-state index in [0.717, 1.165) is 11.0 Å². The highest BCUT2D eigenvalue weighted by atomic mass is 16.7.